The fourth-order valence-corrected chi connectivity index (χ4v) is 3.65. The van der Waals surface area contributed by atoms with Crippen LogP contribution < -0.4 is 4.74 Å². The summed E-state index contributed by atoms with van der Waals surface area (Å²) in [6.07, 6.45) is -4.02. The molecule has 0 aromatic heterocycles. The third-order valence-corrected chi connectivity index (χ3v) is 5.27. The highest BCUT2D eigenvalue weighted by Gasteiger charge is 2.37. The van der Waals surface area contributed by atoms with E-state index in [-0.39, 0.29) is 40.4 Å². The van der Waals surface area contributed by atoms with Crippen LogP contribution in [-0.2, 0) is 11.2 Å². The molecule has 1 unspecified atom stereocenters. The first-order valence-electron chi connectivity index (χ1n) is 9.59. The van der Waals surface area contributed by atoms with Gasteiger partial charge in [0.1, 0.15) is 23.4 Å². The number of phenolic OH excluding ortho intramolecular Hbond substituents is 8. The van der Waals surface area contributed by atoms with Crippen LogP contribution >= 0.6 is 0 Å². The van der Waals surface area contributed by atoms with Crippen molar-refractivity contribution in [2.75, 3.05) is 0 Å². The molecule has 0 aliphatic carbocycles. The molecule has 11 heteroatoms. The number of aliphatic hydroxyl groups is 1. The van der Waals surface area contributed by atoms with Gasteiger partial charge in [0.25, 0.3) is 0 Å². The topological polar surface area (TPSA) is 201 Å². The van der Waals surface area contributed by atoms with E-state index in [0.717, 1.165) is 30.3 Å². The number of phenols is 8. The first-order chi connectivity index (χ1) is 15.5. The van der Waals surface area contributed by atoms with Gasteiger partial charge in [-0.15, -0.1) is 0 Å². The third-order valence-electron chi connectivity index (χ3n) is 5.27. The molecule has 3 aromatic carbocycles. The lowest BCUT2D eigenvalue weighted by Gasteiger charge is -2.35. The second-order valence-electron chi connectivity index (χ2n) is 7.53. The number of ether oxygens (including phenoxy) is 2. The van der Waals surface area contributed by atoms with Crippen molar-refractivity contribution in [1.29, 1.82) is 0 Å². The van der Waals surface area contributed by atoms with Gasteiger partial charge < -0.3 is 55.4 Å². The average molecular weight is 460 g/mol. The highest BCUT2D eigenvalue weighted by atomic mass is 16.6. The molecule has 0 saturated heterocycles. The summed E-state index contributed by atoms with van der Waals surface area (Å²) in [6.45, 7) is 0. The van der Waals surface area contributed by atoms with Crippen molar-refractivity contribution < 1.29 is 55.4 Å². The van der Waals surface area contributed by atoms with Crippen molar-refractivity contribution in [2.45, 2.75) is 24.9 Å². The molecule has 0 spiro atoms. The molecule has 3 aromatic rings. The highest BCUT2D eigenvalue weighted by molar-refractivity contribution is 5.55. The van der Waals surface area contributed by atoms with Crippen molar-refractivity contribution in [3.8, 4) is 51.7 Å². The molecule has 33 heavy (non-hydrogen) atoms. The summed E-state index contributed by atoms with van der Waals surface area (Å²) >= 11 is 0. The van der Waals surface area contributed by atoms with Crippen LogP contribution in [0, 0.1) is 0 Å². The molecule has 0 saturated carbocycles. The molecule has 0 bridgehead atoms. The maximum absolute atomic E-state index is 10.6. The Balaban J connectivity index is 1.74. The number of aliphatic hydroxyl groups excluding tert-OH is 1. The number of rotatable bonds is 4. The van der Waals surface area contributed by atoms with Gasteiger partial charge in [-0.05, 0) is 24.3 Å². The minimum atomic E-state index is -1.75. The van der Waals surface area contributed by atoms with E-state index in [1.165, 1.54) is 6.07 Å². The van der Waals surface area contributed by atoms with Crippen molar-refractivity contribution in [1.82, 2.24) is 0 Å². The molecule has 1 heterocycles. The van der Waals surface area contributed by atoms with Crippen molar-refractivity contribution >= 4 is 0 Å². The Morgan fingerprint density at radius 2 is 1.27 bits per heavy atom. The van der Waals surface area contributed by atoms with Gasteiger partial charge in [-0.25, -0.2) is 0 Å². The molecule has 1 aliphatic heterocycles. The second kappa shape index (κ2) is 8.04. The summed E-state index contributed by atoms with van der Waals surface area (Å²) in [7, 11) is 0. The largest absolute Gasteiger partial charge is 0.508 e. The Bertz CT molecular complexity index is 1180. The Morgan fingerprint density at radius 3 is 1.85 bits per heavy atom. The van der Waals surface area contributed by atoms with Gasteiger partial charge in [0.15, 0.2) is 46.9 Å². The zero-order chi connectivity index (χ0) is 24.0. The SMILES string of the molecule is Oc1cc(O)c2c(c1)O[C@H](c1cc(O)c(O)c(O)c1)[C@H](OC(O)c1cc(O)c(O)c(O)c1)C2. The lowest BCUT2D eigenvalue weighted by molar-refractivity contribution is -0.169. The molecule has 4 rings (SSSR count). The van der Waals surface area contributed by atoms with Gasteiger partial charge >= 0.3 is 0 Å². The van der Waals surface area contributed by atoms with E-state index in [2.05, 4.69) is 0 Å². The molecule has 0 fully saturated rings. The van der Waals surface area contributed by atoms with Crippen molar-refractivity contribution in [3.05, 3.63) is 53.1 Å². The molecule has 3 atom stereocenters. The molecular formula is C22H20O11. The number of aromatic hydroxyl groups is 8. The van der Waals surface area contributed by atoms with Gasteiger partial charge in [-0.1, -0.05) is 0 Å². The first-order valence-corrected chi connectivity index (χ1v) is 9.59. The van der Waals surface area contributed by atoms with Gasteiger partial charge in [0.2, 0.25) is 0 Å². The lowest BCUT2D eigenvalue weighted by Crippen LogP contribution is -2.34. The van der Waals surface area contributed by atoms with E-state index in [4.69, 9.17) is 9.47 Å². The van der Waals surface area contributed by atoms with Crippen LogP contribution in [0.3, 0.4) is 0 Å². The van der Waals surface area contributed by atoms with Gasteiger partial charge in [0, 0.05) is 35.2 Å². The van der Waals surface area contributed by atoms with Crippen LogP contribution in [0.5, 0.6) is 51.7 Å². The van der Waals surface area contributed by atoms with Gasteiger partial charge in [0.05, 0.1) is 0 Å². The summed E-state index contributed by atoms with van der Waals surface area (Å²) in [5, 5.41) is 89.0. The van der Waals surface area contributed by atoms with Crippen LogP contribution in [0.4, 0.5) is 0 Å². The molecule has 1 aliphatic rings. The van der Waals surface area contributed by atoms with E-state index in [9.17, 15) is 46.0 Å². The number of benzene rings is 3. The maximum atomic E-state index is 10.6. The number of fused-ring (bicyclic) bond motifs is 1. The maximum Gasteiger partial charge on any atom is 0.200 e. The zero-order valence-corrected chi connectivity index (χ0v) is 16.7. The van der Waals surface area contributed by atoms with Crippen LogP contribution in [0.1, 0.15) is 29.1 Å². The van der Waals surface area contributed by atoms with Crippen LogP contribution in [-0.4, -0.2) is 52.1 Å². The Kier molecular flexibility index (Phi) is 5.36. The fraction of sp³-hybridized carbons (Fsp3) is 0.182. The predicted molar refractivity (Wildman–Crippen MR) is 110 cm³/mol. The summed E-state index contributed by atoms with van der Waals surface area (Å²) in [6, 6.07) is 6.48. The molecule has 11 nitrogen and oxygen atoms in total. The highest BCUT2D eigenvalue weighted by Crippen LogP contribution is 2.46. The minimum absolute atomic E-state index is 0.0678. The van der Waals surface area contributed by atoms with E-state index in [1.807, 2.05) is 0 Å². The van der Waals surface area contributed by atoms with E-state index in [0.29, 0.717) is 0 Å². The molecule has 0 amide bonds. The quantitative estimate of drug-likeness (QED) is 0.204. The van der Waals surface area contributed by atoms with E-state index >= 15 is 0 Å². The monoisotopic (exact) mass is 460 g/mol. The van der Waals surface area contributed by atoms with Crippen molar-refractivity contribution in [2.24, 2.45) is 0 Å². The molecule has 0 radical (unpaired) electrons. The second-order valence-corrected chi connectivity index (χ2v) is 7.53. The van der Waals surface area contributed by atoms with Crippen LogP contribution in [0.25, 0.3) is 0 Å². The number of hydrogen-bond donors (Lipinski definition) is 9. The summed E-state index contributed by atoms with van der Waals surface area (Å²) in [4.78, 5) is 0. The fourth-order valence-electron chi connectivity index (χ4n) is 3.65. The van der Waals surface area contributed by atoms with Crippen molar-refractivity contribution in [3.63, 3.8) is 0 Å². The summed E-state index contributed by atoms with van der Waals surface area (Å²) in [5.41, 5.74) is 0.258. The lowest BCUT2D eigenvalue weighted by atomic mass is 9.93. The normalized spacial score (nSPS) is 18.3. The molecule has 9 N–H and O–H groups in total. The molecule has 174 valence electrons. The zero-order valence-electron chi connectivity index (χ0n) is 16.7. The average Bonchev–Trinajstić information content (AvgIpc) is 2.75. The van der Waals surface area contributed by atoms with Crippen LogP contribution in [0.2, 0.25) is 0 Å². The first kappa shape index (κ1) is 22.0. The third kappa shape index (κ3) is 4.02. The Labute approximate surface area is 185 Å². The molecular weight excluding hydrogens is 440 g/mol. The van der Waals surface area contributed by atoms with Crippen LogP contribution in [0.15, 0.2) is 36.4 Å². The summed E-state index contributed by atoms with van der Waals surface area (Å²) in [5.74, 6) is -4.72. The van der Waals surface area contributed by atoms with E-state index < -0.39 is 53.0 Å². The minimum Gasteiger partial charge on any atom is -0.508 e. The predicted octanol–water partition coefficient (Wildman–Crippen LogP) is 2.08. The Hall–Kier alpha value is -4.22. The standard InChI is InChI=1S/C22H20O11/c23-10-5-12(24)11-7-18(33-22(31)9-3-15(27)20(30)16(28)4-9)21(32-17(11)6-10)8-1-13(25)19(29)14(26)2-8/h1-6,18,21-31H,7H2/t18-,21-,22?/m1/s1. The van der Waals surface area contributed by atoms with E-state index in [1.54, 1.807) is 0 Å². The smallest absolute Gasteiger partial charge is 0.200 e. The summed E-state index contributed by atoms with van der Waals surface area (Å²) < 4.78 is 11.5. The Morgan fingerprint density at radius 1 is 0.727 bits per heavy atom. The van der Waals surface area contributed by atoms with Gasteiger partial charge in [-0.3, -0.25) is 0 Å². The number of hydrogen-bond acceptors (Lipinski definition) is 11. The van der Waals surface area contributed by atoms with Gasteiger partial charge in [-0.2, -0.15) is 0 Å².